The fourth-order valence-electron chi connectivity index (χ4n) is 3.66. The molecule has 1 heterocycles. The molecule has 1 saturated heterocycles. The lowest BCUT2D eigenvalue weighted by Gasteiger charge is -2.47. The first kappa shape index (κ1) is 18.4. The Labute approximate surface area is 129 Å². The molecule has 0 amide bonds. The van der Waals surface area contributed by atoms with Crippen molar-refractivity contribution < 1.29 is 0 Å². The number of likely N-dealkylation sites (N-methyl/N-ethyl adjacent to an activating group) is 1. The first-order valence-corrected chi connectivity index (χ1v) is 15.2. The van der Waals surface area contributed by atoms with Gasteiger partial charge in [0, 0.05) is 25.7 Å². The molecule has 120 valence electrons. The largest absolute Gasteiger partial charge is 0.343 e. The van der Waals surface area contributed by atoms with Crippen molar-refractivity contribution in [3.63, 3.8) is 0 Å². The van der Waals surface area contributed by atoms with E-state index in [0.29, 0.717) is 12.2 Å². The van der Waals surface area contributed by atoms with Gasteiger partial charge in [-0.1, -0.05) is 46.2 Å². The van der Waals surface area contributed by atoms with E-state index >= 15 is 0 Å². The second-order valence-corrected chi connectivity index (χ2v) is 18.6. The molecular weight excluding hydrogens is 278 g/mol. The Balaban J connectivity index is 2.95. The summed E-state index contributed by atoms with van der Waals surface area (Å²) in [7, 11) is -2.51. The molecule has 1 fully saturated rings. The third kappa shape index (κ3) is 4.40. The van der Waals surface area contributed by atoms with Gasteiger partial charge in [0.15, 0.2) is 0 Å². The quantitative estimate of drug-likeness (QED) is 0.696. The molecule has 20 heavy (non-hydrogen) atoms. The van der Waals surface area contributed by atoms with Gasteiger partial charge in [-0.2, -0.15) is 0 Å². The number of nitrogens with zero attached hydrogens (tertiary/aromatic N) is 3. The second-order valence-electron chi connectivity index (χ2n) is 8.39. The van der Waals surface area contributed by atoms with Crippen molar-refractivity contribution in [2.24, 2.45) is 0 Å². The zero-order valence-corrected chi connectivity index (χ0v) is 17.3. The minimum atomic E-state index is -1.25. The van der Waals surface area contributed by atoms with Crippen LogP contribution >= 0.6 is 0 Å². The summed E-state index contributed by atoms with van der Waals surface area (Å²) in [5.74, 6) is 0. The highest BCUT2D eigenvalue weighted by molar-refractivity contribution is 6.89. The topological polar surface area (TPSA) is 9.72 Å². The van der Waals surface area contributed by atoms with Crippen molar-refractivity contribution in [1.82, 2.24) is 14.0 Å². The Kier molecular flexibility index (Phi) is 6.07. The molecule has 0 bridgehead atoms. The Morgan fingerprint density at radius 2 is 1.50 bits per heavy atom. The van der Waals surface area contributed by atoms with Gasteiger partial charge in [-0.25, -0.2) is 0 Å². The molecule has 1 aliphatic heterocycles. The van der Waals surface area contributed by atoms with E-state index in [4.69, 9.17) is 0 Å². The van der Waals surface area contributed by atoms with Crippen molar-refractivity contribution in [1.29, 1.82) is 0 Å². The normalized spacial score (nSPS) is 23.2. The third-order valence-electron chi connectivity index (χ3n) is 4.48. The summed E-state index contributed by atoms with van der Waals surface area (Å²) in [6, 6.07) is 0.654. The minimum absolute atomic E-state index is 0.624. The molecule has 0 aromatic heterocycles. The minimum Gasteiger partial charge on any atom is -0.343 e. The number of hydrogen-bond acceptors (Lipinski definition) is 3. The summed E-state index contributed by atoms with van der Waals surface area (Å²) in [5, 5.41) is 0. The van der Waals surface area contributed by atoms with Crippen LogP contribution < -0.4 is 0 Å². The van der Waals surface area contributed by atoms with Crippen LogP contribution in [0.2, 0.25) is 39.3 Å². The molecule has 0 saturated carbocycles. The van der Waals surface area contributed by atoms with Gasteiger partial charge in [-0.3, -0.25) is 9.80 Å². The smallest absolute Gasteiger partial charge is 0.112 e. The molecule has 0 radical (unpaired) electrons. The zero-order valence-electron chi connectivity index (χ0n) is 15.3. The number of hydrogen-bond donors (Lipinski definition) is 0. The molecule has 1 unspecified atom stereocenters. The maximum Gasteiger partial charge on any atom is 0.112 e. The van der Waals surface area contributed by atoms with Crippen LogP contribution in [0.4, 0.5) is 0 Å². The van der Waals surface area contributed by atoms with Crippen molar-refractivity contribution in [3.8, 4) is 0 Å². The molecule has 0 aromatic rings. The molecule has 0 aromatic carbocycles. The van der Waals surface area contributed by atoms with Crippen molar-refractivity contribution in [2.45, 2.75) is 72.3 Å². The van der Waals surface area contributed by atoms with Crippen LogP contribution in [0.25, 0.3) is 0 Å². The van der Waals surface area contributed by atoms with E-state index in [-0.39, 0.29) is 0 Å². The van der Waals surface area contributed by atoms with Crippen LogP contribution in [0.15, 0.2) is 0 Å². The average Bonchev–Trinajstić information content (AvgIpc) is 2.65. The highest BCUT2D eigenvalue weighted by Gasteiger charge is 2.40. The van der Waals surface area contributed by atoms with Crippen molar-refractivity contribution in [3.05, 3.63) is 0 Å². The van der Waals surface area contributed by atoms with Gasteiger partial charge < -0.3 is 4.23 Å². The fraction of sp³-hybridized carbons (Fsp3) is 1.00. The maximum atomic E-state index is 2.94. The molecular formula is C15H37N3Si2. The first-order chi connectivity index (χ1) is 8.98. The lowest BCUT2D eigenvalue weighted by Crippen LogP contribution is -2.64. The highest BCUT2D eigenvalue weighted by Crippen LogP contribution is 2.25. The van der Waals surface area contributed by atoms with Gasteiger partial charge in [-0.15, -0.1) is 0 Å². The van der Waals surface area contributed by atoms with Crippen LogP contribution in [0.3, 0.4) is 0 Å². The molecule has 5 heteroatoms. The summed E-state index contributed by atoms with van der Waals surface area (Å²) in [5.41, 5.74) is 0. The summed E-state index contributed by atoms with van der Waals surface area (Å²) in [6.07, 6.45) is 0.624. The van der Waals surface area contributed by atoms with Gasteiger partial charge in [0.1, 0.15) is 16.5 Å². The van der Waals surface area contributed by atoms with Crippen LogP contribution in [0, 0.1) is 0 Å². The monoisotopic (exact) mass is 315 g/mol. The Hall–Kier alpha value is 0.314. The van der Waals surface area contributed by atoms with Crippen molar-refractivity contribution in [2.75, 3.05) is 26.2 Å². The summed E-state index contributed by atoms with van der Waals surface area (Å²) in [6.45, 7) is 27.0. The standard InChI is InChI=1S/C15H37N3Si2/c1-10-16-11-12-17(14(2)3)15(16)13-18(19(4,5)6)20(7,8)9/h14-15H,10-13H2,1-9H3. The predicted octanol–water partition coefficient (Wildman–Crippen LogP) is 3.33. The lowest BCUT2D eigenvalue weighted by molar-refractivity contribution is 0.104. The van der Waals surface area contributed by atoms with Crippen LogP contribution in [0.5, 0.6) is 0 Å². The van der Waals surface area contributed by atoms with Crippen LogP contribution in [-0.2, 0) is 0 Å². The lowest BCUT2D eigenvalue weighted by atomic mass is 10.3. The summed E-state index contributed by atoms with van der Waals surface area (Å²) >= 11 is 0. The fourth-order valence-corrected chi connectivity index (χ4v) is 13.1. The van der Waals surface area contributed by atoms with E-state index in [0.717, 1.165) is 0 Å². The van der Waals surface area contributed by atoms with Gasteiger partial charge >= 0.3 is 0 Å². The average molecular weight is 316 g/mol. The number of rotatable bonds is 6. The van der Waals surface area contributed by atoms with Crippen LogP contribution in [0.1, 0.15) is 20.8 Å². The van der Waals surface area contributed by atoms with E-state index in [1.165, 1.54) is 26.2 Å². The van der Waals surface area contributed by atoms with Crippen LogP contribution in [-0.4, -0.2) is 68.9 Å². The molecule has 1 atom stereocenters. The molecule has 0 N–H and O–H groups in total. The Morgan fingerprint density at radius 3 is 1.85 bits per heavy atom. The summed E-state index contributed by atoms with van der Waals surface area (Å²) in [4.78, 5) is 5.38. The van der Waals surface area contributed by atoms with E-state index in [9.17, 15) is 0 Å². The van der Waals surface area contributed by atoms with E-state index in [1.54, 1.807) is 0 Å². The first-order valence-electron chi connectivity index (χ1n) is 8.26. The molecule has 0 aliphatic carbocycles. The SMILES string of the molecule is CCN1CCN(C(C)C)C1CN([Si](C)(C)C)[Si](C)(C)C. The van der Waals surface area contributed by atoms with Gasteiger partial charge in [0.25, 0.3) is 0 Å². The summed E-state index contributed by atoms with van der Waals surface area (Å²) < 4.78 is 2.94. The van der Waals surface area contributed by atoms with Gasteiger partial charge in [0.05, 0.1) is 6.17 Å². The maximum absolute atomic E-state index is 2.94. The third-order valence-corrected chi connectivity index (χ3v) is 12.1. The molecule has 0 spiro atoms. The van der Waals surface area contributed by atoms with E-state index in [2.05, 4.69) is 74.1 Å². The van der Waals surface area contributed by atoms with E-state index in [1.807, 2.05) is 0 Å². The molecule has 1 aliphatic rings. The second kappa shape index (κ2) is 6.61. The molecule has 1 rings (SSSR count). The highest BCUT2D eigenvalue weighted by atomic mass is 28.4. The van der Waals surface area contributed by atoms with Crippen molar-refractivity contribution >= 4 is 16.5 Å². The molecule has 3 nitrogen and oxygen atoms in total. The predicted molar refractivity (Wildman–Crippen MR) is 96.3 cm³/mol. The van der Waals surface area contributed by atoms with Gasteiger partial charge in [0.2, 0.25) is 0 Å². The zero-order chi connectivity index (χ0) is 15.7. The Morgan fingerprint density at radius 1 is 1.00 bits per heavy atom. The van der Waals surface area contributed by atoms with Gasteiger partial charge in [-0.05, 0) is 20.4 Å². The Bertz CT molecular complexity index is 293. The van der Waals surface area contributed by atoms with E-state index < -0.39 is 16.5 Å².